The van der Waals surface area contributed by atoms with Gasteiger partial charge in [-0.3, -0.25) is 4.79 Å². The zero-order chi connectivity index (χ0) is 6.57. The molecule has 0 aliphatic carbocycles. The van der Waals surface area contributed by atoms with Gasteiger partial charge in [-0.05, 0) is 0 Å². The average molecular weight is 118 g/mol. The molecule has 0 saturated carbocycles. The van der Waals surface area contributed by atoms with Gasteiger partial charge in [-0.1, -0.05) is 0 Å². The Morgan fingerprint density at radius 3 is 2.38 bits per heavy atom. The summed E-state index contributed by atoms with van der Waals surface area (Å²) in [6, 6.07) is 0. The lowest BCUT2D eigenvalue weighted by molar-refractivity contribution is -0.120. The van der Waals surface area contributed by atoms with Gasteiger partial charge in [-0.15, -0.1) is 0 Å². The molecule has 3 N–H and O–H groups in total. The van der Waals surface area contributed by atoms with Crippen molar-refractivity contribution in [2.75, 3.05) is 6.61 Å². The Kier molecular flexibility index (Phi) is 3.14. The highest BCUT2D eigenvalue weighted by atomic mass is 16.3. The van der Waals surface area contributed by atoms with E-state index in [4.69, 9.17) is 5.11 Å². The number of hydrogen-bond acceptors (Lipinski definition) is 2. The number of carbonyl (C=O) groups excluding carboxylic acids is 1. The number of aliphatic hydroxyl groups is 1. The number of amides is 1. The number of rotatable bonds is 3. The fourth-order valence-electron chi connectivity index (χ4n) is 0.291. The predicted molar refractivity (Wildman–Crippen MR) is 25.4 cm³/mol. The van der Waals surface area contributed by atoms with Gasteiger partial charge in [0, 0.05) is 0 Å². The van der Waals surface area contributed by atoms with Crippen LogP contribution in [0.5, 0.6) is 0 Å². The van der Waals surface area contributed by atoms with Crippen LogP contribution in [-0.4, -0.2) is 23.7 Å². The van der Waals surface area contributed by atoms with E-state index in [2.05, 4.69) is 5.73 Å². The van der Waals surface area contributed by atoms with Gasteiger partial charge in [0.15, 0.2) is 0 Å². The van der Waals surface area contributed by atoms with Gasteiger partial charge in [0.05, 0.1) is 12.5 Å². The van der Waals surface area contributed by atoms with Gasteiger partial charge in [0.1, 0.15) is 6.61 Å². The number of hydrogen-bond donors (Lipinski definition) is 2. The maximum atomic E-state index is 9.89. The van der Waals surface area contributed by atoms with Crippen molar-refractivity contribution in [3.8, 4) is 0 Å². The zero-order valence-corrected chi connectivity index (χ0v) is 4.33. The van der Waals surface area contributed by atoms with E-state index < -0.39 is 18.6 Å². The van der Waals surface area contributed by atoms with E-state index in [0.29, 0.717) is 0 Å². The van der Waals surface area contributed by atoms with E-state index in [0.717, 1.165) is 0 Å². The number of carbonyl (C=O) groups is 1. The van der Waals surface area contributed by atoms with Crippen LogP contribution in [0, 0.1) is 0 Å². The van der Waals surface area contributed by atoms with Crippen molar-refractivity contribution >= 4 is 5.91 Å². The minimum atomic E-state index is -1.10. The first kappa shape index (κ1) is 7.39. The molecule has 1 amide bonds. The second-order valence-electron chi connectivity index (χ2n) is 1.49. The van der Waals surface area contributed by atoms with Gasteiger partial charge < -0.3 is 10.8 Å². The van der Waals surface area contributed by atoms with E-state index >= 15 is 0 Å². The summed E-state index contributed by atoms with van der Waals surface area (Å²) in [5.74, 6) is -0.645. The largest absolute Gasteiger partial charge is 0.390 e. The van der Waals surface area contributed by atoms with E-state index in [1.54, 1.807) is 0 Å². The summed E-state index contributed by atoms with van der Waals surface area (Å²) in [5.41, 5.74) is 4.63. The molecule has 47 valence electrons. The Labute approximate surface area is 46.9 Å². The molecule has 1 radical (unpaired) electrons. The van der Waals surface area contributed by atoms with Gasteiger partial charge in [-0.2, -0.15) is 0 Å². The molecule has 0 aromatic rings. The van der Waals surface area contributed by atoms with Crippen molar-refractivity contribution in [2.24, 2.45) is 5.73 Å². The highest BCUT2D eigenvalue weighted by Crippen LogP contribution is 1.86. The smallest absolute Gasteiger partial charge is 0.220 e. The standard InChI is InChI=1S/C4H8NO3/c5-4(8)1-3(7)2-6/h3,7H,1-2H2,(H2,5,8). The van der Waals surface area contributed by atoms with Crippen LogP contribution in [0.25, 0.3) is 0 Å². The van der Waals surface area contributed by atoms with E-state index in [1.807, 2.05) is 0 Å². The lowest BCUT2D eigenvalue weighted by Crippen LogP contribution is -2.21. The van der Waals surface area contributed by atoms with Gasteiger partial charge >= 0.3 is 0 Å². The Morgan fingerprint density at radius 1 is 1.75 bits per heavy atom. The van der Waals surface area contributed by atoms with Crippen LogP contribution >= 0.6 is 0 Å². The van der Waals surface area contributed by atoms with Crippen molar-refractivity contribution in [3.05, 3.63) is 0 Å². The Morgan fingerprint density at radius 2 is 2.25 bits per heavy atom. The third-order valence-electron chi connectivity index (χ3n) is 0.629. The molecular formula is C4H8NO3. The van der Waals surface area contributed by atoms with E-state index in [9.17, 15) is 9.90 Å². The third kappa shape index (κ3) is 3.58. The summed E-state index contributed by atoms with van der Waals surface area (Å²) < 4.78 is 0. The maximum absolute atomic E-state index is 9.89. The van der Waals surface area contributed by atoms with Gasteiger partial charge in [0.25, 0.3) is 0 Å². The zero-order valence-electron chi connectivity index (χ0n) is 4.33. The van der Waals surface area contributed by atoms with Crippen LogP contribution in [0.4, 0.5) is 0 Å². The quantitative estimate of drug-likeness (QED) is 0.480. The molecule has 8 heavy (non-hydrogen) atoms. The molecule has 0 rings (SSSR count). The molecule has 0 aliphatic heterocycles. The van der Waals surface area contributed by atoms with Crippen LogP contribution in [-0.2, 0) is 9.90 Å². The molecule has 0 heterocycles. The summed E-state index contributed by atoms with van der Waals surface area (Å²) in [7, 11) is 0. The summed E-state index contributed by atoms with van der Waals surface area (Å²) in [4.78, 5) is 9.89. The summed E-state index contributed by atoms with van der Waals surface area (Å²) >= 11 is 0. The molecule has 4 nitrogen and oxygen atoms in total. The second-order valence-corrected chi connectivity index (χ2v) is 1.49. The molecule has 0 aliphatic rings. The van der Waals surface area contributed by atoms with Crippen LogP contribution in [0.3, 0.4) is 0 Å². The predicted octanol–water partition coefficient (Wildman–Crippen LogP) is -1.35. The minimum absolute atomic E-state index is 0.233. The first-order valence-corrected chi connectivity index (χ1v) is 2.21. The van der Waals surface area contributed by atoms with Gasteiger partial charge in [0.2, 0.25) is 5.91 Å². The summed E-state index contributed by atoms with van der Waals surface area (Å²) in [6.45, 7) is -0.664. The first-order valence-electron chi connectivity index (χ1n) is 2.21. The molecule has 4 heteroatoms. The number of aliphatic hydroxyl groups excluding tert-OH is 1. The molecule has 0 aromatic carbocycles. The summed E-state index contributed by atoms with van der Waals surface area (Å²) in [6.07, 6.45) is -1.34. The van der Waals surface area contributed by atoms with Crippen molar-refractivity contribution in [1.29, 1.82) is 0 Å². The minimum Gasteiger partial charge on any atom is -0.390 e. The lowest BCUT2D eigenvalue weighted by atomic mass is 10.3. The number of nitrogens with two attached hydrogens (primary N) is 1. The average Bonchev–Trinajstić information content (AvgIpc) is 1.65. The van der Waals surface area contributed by atoms with Gasteiger partial charge in [-0.25, -0.2) is 5.11 Å². The Balaban J connectivity index is 3.24. The number of primary amides is 1. The van der Waals surface area contributed by atoms with Crippen LogP contribution in [0.1, 0.15) is 6.42 Å². The second kappa shape index (κ2) is 3.40. The van der Waals surface area contributed by atoms with E-state index in [1.165, 1.54) is 0 Å². The fourth-order valence-corrected chi connectivity index (χ4v) is 0.291. The topological polar surface area (TPSA) is 83.2 Å². The van der Waals surface area contributed by atoms with E-state index in [-0.39, 0.29) is 6.42 Å². The Hall–Kier alpha value is -0.610. The highest BCUT2D eigenvalue weighted by molar-refractivity contribution is 5.74. The molecule has 1 unspecified atom stereocenters. The van der Waals surface area contributed by atoms with Crippen LogP contribution in [0.15, 0.2) is 0 Å². The summed E-state index contributed by atoms with van der Waals surface area (Å²) in [5, 5.41) is 18.1. The third-order valence-corrected chi connectivity index (χ3v) is 0.629. The van der Waals surface area contributed by atoms with Crippen LogP contribution in [0.2, 0.25) is 0 Å². The SMILES string of the molecule is NC(=O)CC(O)C[O]. The molecular weight excluding hydrogens is 110 g/mol. The first-order chi connectivity index (χ1) is 3.66. The van der Waals surface area contributed by atoms with Crippen molar-refractivity contribution in [2.45, 2.75) is 12.5 Å². The Bertz CT molecular complexity index is 83.4. The maximum Gasteiger partial charge on any atom is 0.220 e. The van der Waals surface area contributed by atoms with Crippen molar-refractivity contribution in [3.63, 3.8) is 0 Å². The molecule has 0 spiro atoms. The molecule has 0 saturated heterocycles. The highest BCUT2D eigenvalue weighted by Gasteiger charge is 2.04. The van der Waals surface area contributed by atoms with Crippen LogP contribution < -0.4 is 5.73 Å². The normalized spacial score (nSPS) is 13.2. The van der Waals surface area contributed by atoms with Crippen molar-refractivity contribution < 1.29 is 15.0 Å². The fraction of sp³-hybridized carbons (Fsp3) is 0.750. The lowest BCUT2D eigenvalue weighted by Gasteiger charge is -1.98. The molecule has 0 bridgehead atoms. The molecule has 0 fully saturated rings. The monoisotopic (exact) mass is 118 g/mol. The van der Waals surface area contributed by atoms with Crippen molar-refractivity contribution in [1.82, 2.24) is 0 Å². The molecule has 1 atom stereocenters. The molecule has 0 aromatic heterocycles.